The second kappa shape index (κ2) is 15.3. The van der Waals surface area contributed by atoms with Gasteiger partial charge >= 0.3 is 23.0 Å². The zero-order valence-corrected chi connectivity index (χ0v) is 31.4. The zero-order valence-electron chi connectivity index (χ0n) is 30.5. The first-order chi connectivity index (χ1) is 23.6. The van der Waals surface area contributed by atoms with E-state index in [2.05, 4.69) is 108 Å². The van der Waals surface area contributed by atoms with Gasteiger partial charge in [-0.15, -0.1) is 6.61 Å². The molecule has 0 spiro atoms. The molecule has 0 bridgehead atoms. The molecule has 0 radical (unpaired) electrons. The number of nitrogens with zero attached hydrogens (tertiary/aromatic N) is 4. The number of aryl methyl sites for hydroxylation is 8. The topological polar surface area (TPSA) is 162 Å². The number of rotatable bonds is 2. The number of hydrogen-bond acceptors (Lipinski definition) is 10. The van der Waals surface area contributed by atoms with E-state index in [9.17, 15) is 9.90 Å². The van der Waals surface area contributed by atoms with Gasteiger partial charge < -0.3 is 25.2 Å². The molecule has 2 unspecified atom stereocenters. The van der Waals surface area contributed by atoms with Gasteiger partial charge in [-0.25, -0.2) is 4.79 Å². The Labute approximate surface area is 307 Å². The molecule has 3 N–H and O–H groups in total. The number of benzene rings is 2. The smallest absolute Gasteiger partial charge is 0.853 e. The summed E-state index contributed by atoms with van der Waals surface area (Å²) in [5, 5.41) is 41.5. The number of carbonyl (C=O) groups excluding carboxylic acids is 1. The minimum absolute atomic E-state index is 0. The van der Waals surface area contributed by atoms with Crippen LogP contribution in [0.25, 0.3) is 43.6 Å². The maximum atomic E-state index is 10.5. The molecule has 5 heterocycles. The van der Waals surface area contributed by atoms with Crippen molar-refractivity contribution in [3.63, 3.8) is 0 Å². The number of aliphatic hydroxyl groups is 3. The minimum Gasteiger partial charge on any atom is -0.853 e. The standard InChI is InChI=1S/2C17H18N2.C6H7O6.Cu/c2*1-9-8-18-16-14(10(9)2)6-7-15-12(4)11(3)13(5)19-17(15)16;7-1-2(8)5-3(9)4(10)6(11)12-5;/h2*6-8H,1-5H3;2,5,8-10H,1H2;/q;;-1;+1. The second-order valence-electron chi connectivity index (χ2n) is 13.0. The summed E-state index contributed by atoms with van der Waals surface area (Å²) in [6, 6.07) is 8.72. The van der Waals surface area contributed by atoms with Crippen LogP contribution in [0.1, 0.15) is 55.9 Å². The molecule has 4 aromatic heterocycles. The number of esters is 1. The van der Waals surface area contributed by atoms with Gasteiger partial charge in [0.15, 0.2) is 11.9 Å². The van der Waals surface area contributed by atoms with Crippen LogP contribution < -0.4 is 5.11 Å². The predicted molar refractivity (Wildman–Crippen MR) is 194 cm³/mol. The first-order valence-electron chi connectivity index (χ1n) is 16.4. The molecule has 1 aliphatic rings. The molecule has 51 heavy (non-hydrogen) atoms. The van der Waals surface area contributed by atoms with E-state index in [1.807, 2.05) is 12.4 Å². The maximum Gasteiger partial charge on any atom is 1.00 e. The van der Waals surface area contributed by atoms with Gasteiger partial charge in [-0.05, 0) is 114 Å². The van der Waals surface area contributed by atoms with E-state index >= 15 is 0 Å². The van der Waals surface area contributed by atoms with Gasteiger partial charge in [0.2, 0.25) is 5.76 Å². The molecular weight excluding hydrogens is 696 g/mol. The van der Waals surface area contributed by atoms with E-state index < -0.39 is 36.3 Å². The summed E-state index contributed by atoms with van der Waals surface area (Å²) in [5.41, 5.74) is 16.5. The molecule has 10 nitrogen and oxygen atoms in total. The summed E-state index contributed by atoms with van der Waals surface area (Å²) in [6.45, 7) is 20.3. The number of fused-ring (bicyclic) bond motifs is 6. The zero-order chi connectivity index (χ0) is 36.8. The molecule has 2 atom stereocenters. The number of hydrogen-bond donors (Lipinski definition) is 3. The Balaban J connectivity index is 0.000000175. The Morgan fingerprint density at radius 3 is 1.35 bits per heavy atom. The van der Waals surface area contributed by atoms with E-state index in [0.717, 1.165) is 33.5 Å². The summed E-state index contributed by atoms with van der Waals surface area (Å²) in [6.07, 6.45) is 0.945. The van der Waals surface area contributed by atoms with E-state index in [1.54, 1.807) is 0 Å². The SMILES string of the molecule is Cc1cnc2c(ccc3c(C)c(C)c(C)nc32)c1C.Cc1cnc2c(ccc3c(C)c(C)c(C)nc32)c1C.O=C1OC(C(O)C[O-])C(O)=C1O.[Cu+]. The number of pyridine rings is 4. The van der Waals surface area contributed by atoms with Gasteiger partial charge in [0, 0.05) is 45.3 Å². The number of cyclic esters (lactones) is 1. The summed E-state index contributed by atoms with van der Waals surface area (Å²) < 4.78 is 4.28. The van der Waals surface area contributed by atoms with Gasteiger partial charge in [0.05, 0.1) is 28.2 Å². The monoisotopic (exact) mass is 738 g/mol. The number of aliphatic hydroxyl groups excluding tert-OH is 3. The van der Waals surface area contributed by atoms with Crippen molar-refractivity contribution < 1.29 is 47.0 Å². The molecule has 6 aromatic rings. The Bertz CT molecular complexity index is 2230. The first-order valence-corrected chi connectivity index (χ1v) is 16.4. The number of carbonyl (C=O) groups is 1. The molecule has 2 aromatic carbocycles. The van der Waals surface area contributed by atoms with Crippen molar-refractivity contribution in [3.8, 4) is 0 Å². The van der Waals surface area contributed by atoms with Crippen LogP contribution in [0.5, 0.6) is 0 Å². The molecule has 7 rings (SSSR count). The van der Waals surface area contributed by atoms with Crippen LogP contribution in [0.3, 0.4) is 0 Å². The van der Waals surface area contributed by atoms with Crippen molar-refractivity contribution in [2.75, 3.05) is 6.61 Å². The normalized spacial score (nSPS) is 14.6. The van der Waals surface area contributed by atoms with Crippen LogP contribution in [-0.2, 0) is 26.6 Å². The molecule has 0 fully saturated rings. The summed E-state index contributed by atoms with van der Waals surface area (Å²) in [4.78, 5) is 29.3. The second-order valence-corrected chi connectivity index (χ2v) is 13.0. The van der Waals surface area contributed by atoms with Gasteiger partial charge in [-0.2, -0.15) is 0 Å². The summed E-state index contributed by atoms with van der Waals surface area (Å²) >= 11 is 0. The average Bonchev–Trinajstić information content (AvgIpc) is 3.36. The third-order valence-electron chi connectivity index (χ3n) is 10.1. The molecule has 1 aliphatic heterocycles. The van der Waals surface area contributed by atoms with Crippen LogP contribution in [0.4, 0.5) is 0 Å². The van der Waals surface area contributed by atoms with E-state index in [-0.39, 0.29) is 17.1 Å². The molecule has 11 heteroatoms. The van der Waals surface area contributed by atoms with Gasteiger partial charge in [0.1, 0.15) is 0 Å². The van der Waals surface area contributed by atoms with Crippen LogP contribution >= 0.6 is 0 Å². The van der Waals surface area contributed by atoms with E-state index in [4.69, 9.17) is 25.3 Å². The van der Waals surface area contributed by atoms with Crippen LogP contribution in [0, 0.1) is 69.2 Å². The van der Waals surface area contributed by atoms with Crippen LogP contribution in [0.2, 0.25) is 0 Å². The summed E-state index contributed by atoms with van der Waals surface area (Å²) in [5.74, 6) is -2.87. The Kier molecular flexibility index (Phi) is 11.7. The van der Waals surface area contributed by atoms with Crippen molar-refractivity contribution in [2.24, 2.45) is 0 Å². The molecular formula is C40H43CuN4O6. The van der Waals surface area contributed by atoms with Crippen molar-refractivity contribution in [3.05, 3.63) is 104 Å². The molecule has 0 saturated carbocycles. The van der Waals surface area contributed by atoms with Gasteiger partial charge in [0.25, 0.3) is 0 Å². The summed E-state index contributed by atoms with van der Waals surface area (Å²) in [7, 11) is 0. The van der Waals surface area contributed by atoms with Crippen LogP contribution in [-0.4, -0.2) is 60.0 Å². The number of aromatic nitrogens is 4. The molecule has 270 valence electrons. The molecule has 0 amide bonds. The third-order valence-corrected chi connectivity index (χ3v) is 10.1. The van der Waals surface area contributed by atoms with Crippen molar-refractivity contribution in [1.29, 1.82) is 0 Å². The van der Waals surface area contributed by atoms with Crippen molar-refractivity contribution in [1.82, 2.24) is 19.9 Å². The predicted octanol–water partition coefficient (Wildman–Crippen LogP) is 6.61. The Morgan fingerprint density at radius 1 is 0.647 bits per heavy atom. The first kappa shape index (κ1) is 39.1. The van der Waals surface area contributed by atoms with Crippen molar-refractivity contribution in [2.45, 2.75) is 81.4 Å². The fraction of sp³-hybridized carbons (Fsp3) is 0.325. The Morgan fingerprint density at radius 2 is 1.02 bits per heavy atom. The molecule has 0 aliphatic carbocycles. The van der Waals surface area contributed by atoms with Gasteiger partial charge in [-0.3, -0.25) is 19.9 Å². The van der Waals surface area contributed by atoms with Crippen LogP contribution in [0.15, 0.2) is 48.2 Å². The van der Waals surface area contributed by atoms with E-state index in [1.165, 1.54) is 66.1 Å². The van der Waals surface area contributed by atoms with E-state index in [0.29, 0.717) is 0 Å². The minimum atomic E-state index is -1.53. The quantitative estimate of drug-likeness (QED) is 0.100. The fourth-order valence-corrected chi connectivity index (χ4v) is 6.06. The molecule has 0 saturated heterocycles. The maximum absolute atomic E-state index is 10.5. The largest absolute Gasteiger partial charge is 1.00 e. The fourth-order valence-electron chi connectivity index (χ4n) is 6.06. The van der Waals surface area contributed by atoms with Gasteiger partial charge in [-0.1, -0.05) is 24.3 Å². The van der Waals surface area contributed by atoms with Crippen molar-refractivity contribution >= 4 is 49.6 Å². The Hall–Kier alpha value is -4.67. The number of ether oxygens (including phenoxy) is 1. The average molecular weight is 739 g/mol. The third kappa shape index (κ3) is 7.12.